The third-order valence-corrected chi connectivity index (χ3v) is 10.8. The number of hydrogen-bond donors (Lipinski definition) is 1. The highest BCUT2D eigenvalue weighted by molar-refractivity contribution is 5.30. The molecule has 4 aliphatic carbocycles. The van der Waals surface area contributed by atoms with Crippen LogP contribution in [-0.2, 0) is 0 Å². The fourth-order valence-corrected chi connectivity index (χ4v) is 8.98. The topological polar surface area (TPSA) is 20.2 Å². The summed E-state index contributed by atoms with van der Waals surface area (Å²) in [5, 5.41) is 10.5. The molecule has 0 aliphatic heterocycles. The molecule has 0 aromatic rings. The number of allylic oxidation sites excluding steroid dienone is 2. The van der Waals surface area contributed by atoms with Crippen molar-refractivity contribution in [1.82, 2.24) is 0 Å². The van der Waals surface area contributed by atoms with Gasteiger partial charge in [-0.15, -0.1) is 0 Å². The Balaban J connectivity index is 1.49. The molecule has 1 nitrogen and oxygen atoms in total. The van der Waals surface area contributed by atoms with Crippen LogP contribution in [0.3, 0.4) is 0 Å². The van der Waals surface area contributed by atoms with E-state index in [1.807, 2.05) is 5.57 Å². The van der Waals surface area contributed by atoms with Crippen molar-refractivity contribution >= 4 is 0 Å². The van der Waals surface area contributed by atoms with Gasteiger partial charge in [0.25, 0.3) is 0 Å². The van der Waals surface area contributed by atoms with Crippen LogP contribution < -0.4 is 0 Å². The summed E-state index contributed by atoms with van der Waals surface area (Å²) in [5.74, 6) is 5.52. The molecule has 0 unspecified atom stereocenters. The van der Waals surface area contributed by atoms with Crippen LogP contribution in [0.4, 0.5) is 0 Å². The molecule has 0 spiro atoms. The first-order valence-electron chi connectivity index (χ1n) is 13.1. The summed E-state index contributed by atoms with van der Waals surface area (Å²) in [7, 11) is 0. The molecule has 0 radical (unpaired) electrons. The molecule has 1 N–H and O–H groups in total. The lowest BCUT2D eigenvalue weighted by atomic mass is 9.44. The van der Waals surface area contributed by atoms with Crippen LogP contribution in [0.25, 0.3) is 0 Å². The number of aliphatic hydroxyl groups excluding tert-OH is 1. The standard InChI is InChI=1S/C28H48O/c1-18(2)8-7-9-19(3)22-12-13-24-21-10-11-23-20(4)26(29)15-17-28(23,6)25(21)14-16-27(22,24)5/h13,18-23,25-26,29H,7-12,14-17H2,1-6H3/t19-,20+,21+,22-,23+,25+,26+,27-,28+/m1/s1. The summed E-state index contributed by atoms with van der Waals surface area (Å²) >= 11 is 0. The van der Waals surface area contributed by atoms with Crippen molar-refractivity contribution in [2.24, 2.45) is 52.3 Å². The average molecular weight is 401 g/mol. The van der Waals surface area contributed by atoms with Gasteiger partial charge in [-0.2, -0.15) is 0 Å². The first kappa shape index (κ1) is 21.9. The van der Waals surface area contributed by atoms with E-state index in [-0.39, 0.29) is 6.10 Å². The minimum Gasteiger partial charge on any atom is -0.393 e. The van der Waals surface area contributed by atoms with Crippen LogP contribution in [0, 0.1) is 52.3 Å². The predicted molar refractivity (Wildman–Crippen MR) is 124 cm³/mol. The fourth-order valence-electron chi connectivity index (χ4n) is 8.98. The fraction of sp³-hybridized carbons (Fsp3) is 0.929. The summed E-state index contributed by atoms with van der Waals surface area (Å²) in [5.41, 5.74) is 2.82. The summed E-state index contributed by atoms with van der Waals surface area (Å²) in [4.78, 5) is 0. The Morgan fingerprint density at radius 3 is 2.48 bits per heavy atom. The van der Waals surface area contributed by atoms with Gasteiger partial charge in [0.1, 0.15) is 0 Å². The SMILES string of the molecule is CC(C)CCC[C@@H](C)[C@H]1CC=C2[C@@H]3CC[C@H]4[C@H](C)[C@@H](O)CC[C@]4(C)[C@H]3CC[C@@]21C. The minimum absolute atomic E-state index is 0.0553. The molecule has 29 heavy (non-hydrogen) atoms. The normalized spacial score (nSPS) is 47.9. The summed E-state index contributed by atoms with van der Waals surface area (Å²) in [6.45, 7) is 14.9. The highest BCUT2D eigenvalue weighted by atomic mass is 16.3. The Labute approximate surface area is 181 Å². The lowest BCUT2D eigenvalue weighted by molar-refractivity contribution is -0.116. The third kappa shape index (κ3) is 3.56. The number of fused-ring (bicyclic) bond motifs is 5. The van der Waals surface area contributed by atoms with E-state index in [0.717, 1.165) is 41.9 Å². The summed E-state index contributed by atoms with van der Waals surface area (Å²) < 4.78 is 0. The van der Waals surface area contributed by atoms with E-state index in [1.165, 1.54) is 57.8 Å². The van der Waals surface area contributed by atoms with Crippen LogP contribution in [0.1, 0.15) is 106 Å². The lowest BCUT2D eigenvalue weighted by Crippen LogP contribution is -2.54. The minimum atomic E-state index is -0.0553. The number of rotatable bonds is 5. The molecule has 9 atom stereocenters. The maximum Gasteiger partial charge on any atom is 0.0568 e. The molecule has 0 amide bonds. The van der Waals surface area contributed by atoms with Gasteiger partial charge in [0.2, 0.25) is 0 Å². The smallest absolute Gasteiger partial charge is 0.0568 e. The van der Waals surface area contributed by atoms with Gasteiger partial charge in [-0.25, -0.2) is 0 Å². The Morgan fingerprint density at radius 1 is 1.00 bits per heavy atom. The molecular weight excluding hydrogens is 352 g/mol. The Bertz CT molecular complexity index is 620. The van der Waals surface area contributed by atoms with Crippen LogP contribution in [0.2, 0.25) is 0 Å². The van der Waals surface area contributed by atoms with E-state index in [2.05, 4.69) is 47.6 Å². The van der Waals surface area contributed by atoms with Crippen molar-refractivity contribution in [2.45, 2.75) is 112 Å². The Morgan fingerprint density at radius 2 is 1.76 bits per heavy atom. The molecule has 0 saturated heterocycles. The predicted octanol–water partition coefficient (Wildman–Crippen LogP) is 7.63. The number of aliphatic hydroxyl groups is 1. The Hall–Kier alpha value is -0.300. The second-order valence-corrected chi connectivity index (χ2v) is 12.6. The van der Waals surface area contributed by atoms with E-state index in [4.69, 9.17) is 0 Å². The zero-order valence-corrected chi connectivity index (χ0v) is 20.2. The van der Waals surface area contributed by atoms with Gasteiger partial charge in [0, 0.05) is 0 Å². The highest BCUT2D eigenvalue weighted by Crippen LogP contribution is 2.67. The lowest BCUT2D eigenvalue weighted by Gasteiger charge is -2.61. The largest absolute Gasteiger partial charge is 0.393 e. The molecule has 3 saturated carbocycles. The zero-order valence-electron chi connectivity index (χ0n) is 20.2. The molecule has 166 valence electrons. The second kappa shape index (κ2) is 7.99. The van der Waals surface area contributed by atoms with Crippen molar-refractivity contribution < 1.29 is 5.11 Å². The molecule has 3 fully saturated rings. The molecular formula is C28H48O. The molecule has 0 bridgehead atoms. The maximum absolute atomic E-state index is 10.5. The molecule has 4 rings (SSSR count). The average Bonchev–Trinajstić information content (AvgIpc) is 3.02. The van der Waals surface area contributed by atoms with Crippen molar-refractivity contribution in [3.8, 4) is 0 Å². The highest BCUT2D eigenvalue weighted by Gasteiger charge is 2.59. The van der Waals surface area contributed by atoms with Crippen molar-refractivity contribution in [3.05, 3.63) is 11.6 Å². The van der Waals surface area contributed by atoms with E-state index in [0.29, 0.717) is 16.7 Å². The molecule has 4 aliphatic rings. The van der Waals surface area contributed by atoms with Crippen LogP contribution in [-0.4, -0.2) is 11.2 Å². The van der Waals surface area contributed by atoms with E-state index in [9.17, 15) is 5.11 Å². The van der Waals surface area contributed by atoms with Crippen molar-refractivity contribution in [3.63, 3.8) is 0 Å². The second-order valence-electron chi connectivity index (χ2n) is 12.6. The van der Waals surface area contributed by atoms with Gasteiger partial charge in [-0.05, 0) is 97.2 Å². The van der Waals surface area contributed by atoms with Crippen LogP contribution in [0.5, 0.6) is 0 Å². The Kier molecular flexibility index (Phi) is 6.04. The maximum atomic E-state index is 10.5. The number of hydrogen-bond acceptors (Lipinski definition) is 1. The zero-order chi connectivity index (χ0) is 21.0. The van der Waals surface area contributed by atoms with Crippen LogP contribution >= 0.6 is 0 Å². The van der Waals surface area contributed by atoms with Crippen molar-refractivity contribution in [1.29, 1.82) is 0 Å². The summed E-state index contributed by atoms with van der Waals surface area (Å²) in [6.07, 6.45) is 16.1. The van der Waals surface area contributed by atoms with Crippen molar-refractivity contribution in [2.75, 3.05) is 0 Å². The molecule has 1 heteroatoms. The van der Waals surface area contributed by atoms with E-state index < -0.39 is 0 Å². The van der Waals surface area contributed by atoms with Gasteiger partial charge >= 0.3 is 0 Å². The van der Waals surface area contributed by atoms with E-state index in [1.54, 1.807) is 0 Å². The van der Waals surface area contributed by atoms with Gasteiger partial charge in [0.05, 0.1) is 6.10 Å². The monoisotopic (exact) mass is 400 g/mol. The van der Waals surface area contributed by atoms with Crippen LogP contribution in [0.15, 0.2) is 11.6 Å². The molecule has 0 aromatic heterocycles. The molecule has 0 aromatic carbocycles. The van der Waals surface area contributed by atoms with Gasteiger partial charge < -0.3 is 5.11 Å². The first-order valence-corrected chi connectivity index (χ1v) is 13.1. The van der Waals surface area contributed by atoms with E-state index >= 15 is 0 Å². The quantitative estimate of drug-likeness (QED) is 0.470. The molecule has 0 heterocycles. The van der Waals surface area contributed by atoms with Gasteiger partial charge in [-0.3, -0.25) is 0 Å². The summed E-state index contributed by atoms with van der Waals surface area (Å²) in [6, 6.07) is 0. The first-order chi connectivity index (χ1) is 13.7. The van der Waals surface area contributed by atoms with Gasteiger partial charge in [-0.1, -0.05) is 72.5 Å². The van der Waals surface area contributed by atoms with Gasteiger partial charge in [0.15, 0.2) is 0 Å². The third-order valence-electron chi connectivity index (χ3n) is 10.8.